The normalized spacial score (nSPS) is 10.3. The number of benzene rings is 2. The lowest BCUT2D eigenvalue weighted by Gasteiger charge is -2.02. The highest BCUT2D eigenvalue weighted by molar-refractivity contribution is 5.76. The Kier molecular flexibility index (Phi) is 3.61. The second kappa shape index (κ2) is 5.72. The first-order valence-corrected chi connectivity index (χ1v) is 7.06. The smallest absolute Gasteiger partial charge is 0.121 e. The number of rotatable bonds is 2. The fourth-order valence-electron chi connectivity index (χ4n) is 2.45. The van der Waals surface area contributed by atoms with Crippen molar-refractivity contribution in [1.82, 2.24) is 9.55 Å². The zero-order valence-corrected chi connectivity index (χ0v) is 12.0. The van der Waals surface area contributed by atoms with Gasteiger partial charge in [-0.15, -0.1) is 0 Å². The number of anilines is 1. The molecule has 0 spiro atoms. The molecule has 1 aromatic heterocycles. The third-order valence-electron chi connectivity index (χ3n) is 3.42. The highest BCUT2D eigenvalue weighted by atomic mass is 15.1. The number of para-hydroxylation sites is 2. The van der Waals surface area contributed by atoms with E-state index in [1.54, 1.807) is 0 Å². The van der Waals surface area contributed by atoms with Crippen LogP contribution in [0.5, 0.6) is 0 Å². The van der Waals surface area contributed by atoms with Gasteiger partial charge in [0.15, 0.2) is 0 Å². The minimum Gasteiger partial charge on any atom is -0.399 e. The monoisotopic (exact) mass is 275 g/mol. The first-order valence-electron chi connectivity index (χ1n) is 7.06. The molecule has 21 heavy (non-hydrogen) atoms. The molecule has 3 heteroatoms. The molecular formula is C18H17N3. The van der Waals surface area contributed by atoms with Gasteiger partial charge >= 0.3 is 0 Å². The van der Waals surface area contributed by atoms with E-state index < -0.39 is 0 Å². The molecule has 0 aliphatic carbocycles. The van der Waals surface area contributed by atoms with E-state index in [2.05, 4.69) is 34.4 Å². The number of fused-ring (bicyclic) bond motifs is 1. The summed E-state index contributed by atoms with van der Waals surface area (Å²) in [5.41, 5.74) is 9.63. The van der Waals surface area contributed by atoms with Crippen molar-refractivity contribution in [3.8, 4) is 11.8 Å². The maximum Gasteiger partial charge on any atom is 0.121 e. The Morgan fingerprint density at radius 2 is 2.00 bits per heavy atom. The zero-order chi connectivity index (χ0) is 14.7. The van der Waals surface area contributed by atoms with Crippen LogP contribution in [0, 0.1) is 11.8 Å². The van der Waals surface area contributed by atoms with Crippen molar-refractivity contribution >= 4 is 16.7 Å². The molecule has 0 aliphatic rings. The molecule has 0 saturated carbocycles. The Morgan fingerprint density at radius 1 is 1.14 bits per heavy atom. The molecule has 2 aromatic carbocycles. The number of nitrogens with two attached hydrogens (primary N) is 1. The van der Waals surface area contributed by atoms with Crippen LogP contribution in [-0.2, 0) is 13.0 Å². The van der Waals surface area contributed by atoms with E-state index in [4.69, 9.17) is 5.73 Å². The summed E-state index contributed by atoms with van der Waals surface area (Å²) >= 11 is 0. The first-order chi connectivity index (χ1) is 10.3. The predicted octanol–water partition coefficient (Wildman–Crippen LogP) is 3.23. The van der Waals surface area contributed by atoms with Crippen molar-refractivity contribution in [2.75, 3.05) is 5.73 Å². The average molecular weight is 275 g/mol. The summed E-state index contributed by atoms with van der Waals surface area (Å²) in [4.78, 5) is 4.67. The molecule has 3 nitrogen and oxygen atoms in total. The Balaban J connectivity index is 1.89. The van der Waals surface area contributed by atoms with Gasteiger partial charge in [0.05, 0.1) is 17.5 Å². The van der Waals surface area contributed by atoms with E-state index in [-0.39, 0.29) is 0 Å². The quantitative estimate of drug-likeness (QED) is 0.576. The van der Waals surface area contributed by atoms with Crippen molar-refractivity contribution in [1.29, 1.82) is 0 Å². The van der Waals surface area contributed by atoms with Gasteiger partial charge < -0.3 is 10.3 Å². The second-order valence-electron chi connectivity index (χ2n) is 4.87. The van der Waals surface area contributed by atoms with E-state index in [1.807, 2.05) is 42.5 Å². The van der Waals surface area contributed by atoms with Crippen LogP contribution in [0.1, 0.15) is 18.3 Å². The maximum atomic E-state index is 5.75. The van der Waals surface area contributed by atoms with Gasteiger partial charge in [-0.05, 0) is 37.3 Å². The molecule has 0 fully saturated rings. The van der Waals surface area contributed by atoms with Gasteiger partial charge in [-0.1, -0.05) is 30.0 Å². The number of aryl methyl sites for hydroxylation is 1. The Hall–Kier alpha value is -2.73. The molecule has 0 bridgehead atoms. The lowest BCUT2D eigenvalue weighted by molar-refractivity contribution is 0.741. The van der Waals surface area contributed by atoms with E-state index in [0.717, 1.165) is 29.1 Å². The zero-order valence-electron chi connectivity index (χ0n) is 12.0. The summed E-state index contributed by atoms with van der Waals surface area (Å²) in [6.45, 7) is 3.03. The fraction of sp³-hybridized carbons (Fsp3) is 0.167. The molecule has 0 aliphatic heterocycles. The molecule has 0 radical (unpaired) electrons. The molecule has 0 unspecified atom stereocenters. The lowest BCUT2D eigenvalue weighted by Crippen LogP contribution is -2.00. The standard InChI is InChI=1S/C18H17N3/c1-2-21-17-11-4-3-10-16(17)20-18(21)12-6-8-14-7-5-9-15(19)13-14/h3-5,7,9-11,13H,2,12,19H2,1H3. The summed E-state index contributed by atoms with van der Waals surface area (Å²) in [6.07, 6.45) is 0.636. The molecule has 0 amide bonds. The number of hydrogen-bond donors (Lipinski definition) is 1. The van der Waals surface area contributed by atoms with Crippen molar-refractivity contribution in [2.24, 2.45) is 0 Å². The number of nitrogens with zero attached hydrogens (tertiary/aromatic N) is 2. The van der Waals surface area contributed by atoms with Crippen molar-refractivity contribution in [3.05, 3.63) is 59.9 Å². The third-order valence-corrected chi connectivity index (χ3v) is 3.42. The third kappa shape index (κ3) is 2.75. The highest BCUT2D eigenvalue weighted by Crippen LogP contribution is 2.16. The van der Waals surface area contributed by atoms with Crippen LogP contribution in [0.4, 0.5) is 5.69 Å². The van der Waals surface area contributed by atoms with Crippen LogP contribution in [0.3, 0.4) is 0 Å². The first kappa shape index (κ1) is 13.3. The van der Waals surface area contributed by atoms with Crippen molar-refractivity contribution in [2.45, 2.75) is 19.9 Å². The average Bonchev–Trinajstić information content (AvgIpc) is 2.84. The second-order valence-corrected chi connectivity index (χ2v) is 4.87. The van der Waals surface area contributed by atoms with Gasteiger partial charge in [0, 0.05) is 17.8 Å². The molecule has 0 saturated heterocycles. The van der Waals surface area contributed by atoms with Crippen LogP contribution < -0.4 is 5.73 Å². The molecule has 3 aromatic rings. The van der Waals surface area contributed by atoms with Crippen LogP contribution in [0.25, 0.3) is 11.0 Å². The summed E-state index contributed by atoms with van der Waals surface area (Å²) < 4.78 is 2.21. The summed E-state index contributed by atoms with van der Waals surface area (Å²) in [6, 6.07) is 15.8. The molecule has 1 heterocycles. The molecule has 3 rings (SSSR count). The van der Waals surface area contributed by atoms with Gasteiger partial charge in [0.2, 0.25) is 0 Å². The van der Waals surface area contributed by atoms with Crippen LogP contribution >= 0.6 is 0 Å². The highest BCUT2D eigenvalue weighted by Gasteiger charge is 2.07. The molecular weight excluding hydrogens is 258 g/mol. The Labute approximate surface area is 124 Å². The largest absolute Gasteiger partial charge is 0.399 e. The Morgan fingerprint density at radius 3 is 2.81 bits per heavy atom. The number of nitrogen functional groups attached to an aromatic ring is 1. The maximum absolute atomic E-state index is 5.75. The van der Waals surface area contributed by atoms with Gasteiger partial charge in [0.1, 0.15) is 5.82 Å². The van der Waals surface area contributed by atoms with Gasteiger partial charge in [-0.3, -0.25) is 0 Å². The number of imidazole rings is 1. The van der Waals surface area contributed by atoms with Crippen LogP contribution in [0.2, 0.25) is 0 Å². The van der Waals surface area contributed by atoms with Crippen molar-refractivity contribution < 1.29 is 0 Å². The summed E-state index contributed by atoms with van der Waals surface area (Å²) in [5.74, 6) is 7.35. The molecule has 0 atom stereocenters. The van der Waals surface area contributed by atoms with E-state index in [9.17, 15) is 0 Å². The van der Waals surface area contributed by atoms with E-state index in [0.29, 0.717) is 6.42 Å². The van der Waals surface area contributed by atoms with E-state index >= 15 is 0 Å². The van der Waals surface area contributed by atoms with E-state index in [1.165, 1.54) is 5.52 Å². The van der Waals surface area contributed by atoms with Gasteiger partial charge in [0.25, 0.3) is 0 Å². The predicted molar refractivity (Wildman–Crippen MR) is 86.8 cm³/mol. The number of hydrogen-bond acceptors (Lipinski definition) is 2. The summed E-state index contributed by atoms with van der Waals surface area (Å²) in [5, 5.41) is 0. The van der Waals surface area contributed by atoms with Gasteiger partial charge in [-0.2, -0.15) is 0 Å². The minimum atomic E-state index is 0.636. The summed E-state index contributed by atoms with van der Waals surface area (Å²) in [7, 11) is 0. The van der Waals surface area contributed by atoms with Gasteiger partial charge in [-0.25, -0.2) is 4.98 Å². The van der Waals surface area contributed by atoms with Crippen LogP contribution in [0.15, 0.2) is 48.5 Å². The molecule has 104 valence electrons. The molecule has 2 N–H and O–H groups in total. The SMILES string of the molecule is CCn1c(CC#Cc2cccc(N)c2)nc2ccccc21. The lowest BCUT2D eigenvalue weighted by atomic mass is 10.2. The van der Waals surface area contributed by atoms with Crippen LogP contribution in [-0.4, -0.2) is 9.55 Å². The number of aromatic nitrogens is 2. The fourth-order valence-corrected chi connectivity index (χ4v) is 2.45. The topological polar surface area (TPSA) is 43.8 Å². The Bertz CT molecular complexity index is 834. The van der Waals surface area contributed by atoms with Crippen molar-refractivity contribution in [3.63, 3.8) is 0 Å². The minimum absolute atomic E-state index is 0.636.